The van der Waals surface area contributed by atoms with Crippen LogP contribution in [0.1, 0.15) is 24.8 Å². The number of aliphatic hydroxyl groups excluding tert-OH is 1. The average molecular weight is 372 g/mol. The van der Waals surface area contributed by atoms with Crippen LogP contribution in [0, 0.1) is 11.6 Å². The first-order valence-corrected chi connectivity index (χ1v) is 8.90. The normalized spacial score (nSPS) is 20.1. The van der Waals surface area contributed by atoms with E-state index in [4.69, 9.17) is 4.74 Å². The quantitative estimate of drug-likeness (QED) is 0.766. The monoisotopic (exact) mass is 372 g/mol. The van der Waals surface area contributed by atoms with Crippen molar-refractivity contribution in [3.8, 4) is 16.9 Å². The summed E-state index contributed by atoms with van der Waals surface area (Å²) in [5.41, 5.74) is 2.53. The van der Waals surface area contributed by atoms with Gasteiger partial charge in [-0.05, 0) is 30.5 Å². The second kappa shape index (κ2) is 5.97. The van der Waals surface area contributed by atoms with E-state index in [0.717, 1.165) is 12.8 Å². The molecule has 2 aliphatic rings. The van der Waals surface area contributed by atoms with Crippen LogP contribution in [-0.4, -0.2) is 44.2 Å². The van der Waals surface area contributed by atoms with Crippen molar-refractivity contribution in [2.75, 3.05) is 13.7 Å². The number of aromatic nitrogens is 3. The van der Waals surface area contributed by atoms with Gasteiger partial charge < -0.3 is 14.4 Å². The van der Waals surface area contributed by atoms with E-state index in [9.17, 15) is 13.9 Å². The van der Waals surface area contributed by atoms with E-state index in [0.29, 0.717) is 47.1 Å². The van der Waals surface area contributed by atoms with Gasteiger partial charge in [0.25, 0.3) is 0 Å². The first-order chi connectivity index (χ1) is 13.1. The van der Waals surface area contributed by atoms with Gasteiger partial charge in [0.15, 0.2) is 23.0 Å². The number of halogens is 2. The summed E-state index contributed by atoms with van der Waals surface area (Å²) in [6, 6.07) is 2.79. The second-order valence-corrected chi connectivity index (χ2v) is 6.96. The number of nitrogens with zero attached hydrogens (tertiary/aromatic N) is 4. The van der Waals surface area contributed by atoms with Crippen LogP contribution >= 0.6 is 0 Å². The van der Waals surface area contributed by atoms with Crippen LogP contribution in [0.25, 0.3) is 22.3 Å². The minimum atomic E-state index is -0.870. The molecule has 5 rings (SSSR count). The Balaban J connectivity index is 1.77. The number of ether oxygens (including phenoxy) is 1. The predicted molar refractivity (Wildman–Crippen MR) is 94.1 cm³/mol. The molecule has 2 aromatic heterocycles. The van der Waals surface area contributed by atoms with Crippen LogP contribution in [0.15, 0.2) is 24.5 Å². The van der Waals surface area contributed by atoms with E-state index in [-0.39, 0.29) is 0 Å². The number of hydrogen-bond acceptors (Lipinski definition) is 5. The smallest absolute Gasteiger partial charge is 0.190 e. The Kier molecular flexibility index (Phi) is 3.66. The SMILES string of the molecule is COc1c(F)cc(-c2c3n(c4nccnc24)CCN(C2CC2)C3O)cc1F. The lowest BCUT2D eigenvalue weighted by Crippen LogP contribution is -2.39. The fourth-order valence-corrected chi connectivity index (χ4v) is 4.04. The molecular weight excluding hydrogens is 354 g/mol. The van der Waals surface area contributed by atoms with Crippen molar-refractivity contribution in [2.24, 2.45) is 0 Å². The van der Waals surface area contributed by atoms with Gasteiger partial charge in [0, 0.05) is 37.1 Å². The van der Waals surface area contributed by atoms with E-state index < -0.39 is 23.6 Å². The van der Waals surface area contributed by atoms with E-state index in [1.165, 1.54) is 19.2 Å². The Morgan fingerprint density at radius 3 is 2.48 bits per heavy atom. The summed E-state index contributed by atoms with van der Waals surface area (Å²) in [4.78, 5) is 10.8. The van der Waals surface area contributed by atoms with Crippen molar-refractivity contribution in [1.29, 1.82) is 0 Å². The number of fused-ring (bicyclic) bond motifs is 3. The van der Waals surface area contributed by atoms with Crippen LogP contribution in [0.5, 0.6) is 5.75 Å². The molecule has 1 aliphatic carbocycles. The Morgan fingerprint density at radius 1 is 1.11 bits per heavy atom. The molecule has 0 amide bonds. The maximum atomic E-state index is 14.4. The van der Waals surface area contributed by atoms with Gasteiger partial charge in [0.05, 0.1) is 12.8 Å². The zero-order valence-electron chi connectivity index (χ0n) is 14.7. The minimum absolute atomic E-state index is 0.307. The van der Waals surface area contributed by atoms with Gasteiger partial charge in [-0.25, -0.2) is 13.8 Å². The van der Waals surface area contributed by atoms with Gasteiger partial charge in [0.2, 0.25) is 0 Å². The summed E-state index contributed by atoms with van der Waals surface area (Å²) in [7, 11) is 1.22. The number of methoxy groups -OCH3 is 1. The fraction of sp³-hybridized carbons (Fsp3) is 0.368. The van der Waals surface area contributed by atoms with Crippen molar-refractivity contribution >= 4 is 11.2 Å². The maximum Gasteiger partial charge on any atom is 0.190 e. The van der Waals surface area contributed by atoms with Crippen molar-refractivity contribution in [3.63, 3.8) is 0 Å². The molecule has 0 spiro atoms. The lowest BCUT2D eigenvalue weighted by molar-refractivity contribution is -0.0256. The second-order valence-electron chi connectivity index (χ2n) is 6.96. The van der Waals surface area contributed by atoms with Crippen molar-refractivity contribution < 1.29 is 18.6 Å². The predicted octanol–water partition coefficient (Wildman–Crippen LogP) is 2.85. The topological polar surface area (TPSA) is 63.4 Å². The minimum Gasteiger partial charge on any atom is -0.491 e. The Labute approximate surface area is 154 Å². The standard InChI is InChI=1S/C19H18F2N4O2/c1-27-17-12(20)8-10(9-13(17)21)14-15-18(23-5-4-22-15)25-7-6-24(11-2-3-11)19(26)16(14)25/h4-5,8-9,11,19,26H,2-3,6-7H2,1H3. The van der Waals surface area contributed by atoms with Gasteiger partial charge in [-0.3, -0.25) is 9.88 Å². The third-order valence-corrected chi connectivity index (χ3v) is 5.37. The highest BCUT2D eigenvalue weighted by atomic mass is 19.1. The highest BCUT2D eigenvalue weighted by molar-refractivity contribution is 5.93. The molecule has 1 fully saturated rings. The third-order valence-electron chi connectivity index (χ3n) is 5.37. The number of aliphatic hydroxyl groups is 1. The summed E-state index contributed by atoms with van der Waals surface area (Å²) in [5.74, 6) is -2.02. The lowest BCUT2D eigenvalue weighted by Gasteiger charge is -2.34. The first kappa shape index (κ1) is 16.6. The van der Waals surface area contributed by atoms with E-state index >= 15 is 0 Å². The molecule has 0 bridgehead atoms. The van der Waals surface area contributed by atoms with Gasteiger partial charge in [0.1, 0.15) is 11.7 Å². The zero-order chi connectivity index (χ0) is 18.7. The molecular formula is C19H18F2N4O2. The fourth-order valence-electron chi connectivity index (χ4n) is 4.04. The van der Waals surface area contributed by atoms with E-state index in [1.54, 1.807) is 12.4 Å². The molecule has 1 N–H and O–H groups in total. The van der Waals surface area contributed by atoms with Crippen LogP contribution in [0.3, 0.4) is 0 Å². The zero-order valence-corrected chi connectivity index (χ0v) is 14.7. The van der Waals surface area contributed by atoms with Crippen molar-refractivity contribution in [2.45, 2.75) is 31.7 Å². The van der Waals surface area contributed by atoms with Crippen molar-refractivity contribution in [3.05, 3.63) is 41.9 Å². The van der Waals surface area contributed by atoms with Crippen LogP contribution < -0.4 is 4.74 Å². The van der Waals surface area contributed by atoms with Gasteiger partial charge in [-0.1, -0.05) is 0 Å². The summed E-state index contributed by atoms with van der Waals surface area (Å²) in [6.07, 6.45) is 4.35. The number of benzene rings is 1. The van der Waals surface area contributed by atoms with Gasteiger partial charge >= 0.3 is 0 Å². The molecule has 8 heteroatoms. The average Bonchev–Trinajstić information content (AvgIpc) is 3.43. The van der Waals surface area contributed by atoms with Crippen molar-refractivity contribution in [1.82, 2.24) is 19.4 Å². The summed E-state index contributed by atoms with van der Waals surface area (Å²) < 4.78 is 35.4. The highest BCUT2D eigenvalue weighted by Gasteiger charge is 2.40. The summed E-state index contributed by atoms with van der Waals surface area (Å²) >= 11 is 0. The molecule has 27 heavy (non-hydrogen) atoms. The molecule has 0 saturated heterocycles. The molecule has 1 unspecified atom stereocenters. The maximum absolute atomic E-state index is 14.4. The van der Waals surface area contributed by atoms with Gasteiger partial charge in [-0.15, -0.1) is 0 Å². The number of hydrogen-bond donors (Lipinski definition) is 1. The van der Waals surface area contributed by atoms with E-state index in [1.807, 2.05) is 9.47 Å². The molecule has 1 aromatic carbocycles. The Hall–Kier alpha value is -2.58. The first-order valence-electron chi connectivity index (χ1n) is 8.90. The summed E-state index contributed by atoms with van der Waals surface area (Å²) in [5, 5.41) is 11.1. The highest BCUT2D eigenvalue weighted by Crippen LogP contribution is 2.43. The van der Waals surface area contributed by atoms with E-state index in [2.05, 4.69) is 9.97 Å². The molecule has 1 atom stereocenters. The molecule has 1 aliphatic heterocycles. The summed E-state index contributed by atoms with van der Waals surface area (Å²) in [6.45, 7) is 1.34. The molecule has 1 saturated carbocycles. The molecule has 0 radical (unpaired) electrons. The van der Waals surface area contributed by atoms with Crippen LogP contribution in [-0.2, 0) is 6.54 Å². The third kappa shape index (κ3) is 2.44. The lowest BCUT2D eigenvalue weighted by atomic mass is 10.0. The Morgan fingerprint density at radius 2 is 1.81 bits per heavy atom. The number of rotatable bonds is 3. The largest absolute Gasteiger partial charge is 0.491 e. The molecule has 3 heterocycles. The molecule has 140 valence electrons. The molecule has 6 nitrogen and oxygen atoms in total. The molecule has 3 aromatic rings. The van der Waals surface area contributed by atoms with Crippen LogP contribution in [0.2, 0.25) is 0 Å². The van der Waals surface area contributed by atoms with Crippen LogP contribution in [0.4, 0.5) is 8.78 Å². The van der Waals surface area contributed by atoms with Gasteiger partial charge in [-0.2, -0.15) is 0 Å². The Bertz CT molecular complexity index is 1020.